The first-order valence-electron chi connectivity index (χ1n) is 13.6. The Hall–Kier alpha value is -4.48. The maximum atomic E-state index is 12.0. The molecule has 0 radical (unpaired) electrons. The second kappa shape index (κ2) is 12.6. The number of carbonyl (C=O) groups is 1. The van der Waals surface area contributed by atoms with Crippen LogP contribution in [0.1, 0.15) is 52.8 Å². The molecule has 5 rings (SSSR count). The topological polar surface area (TPSA) is 83.6 Å². The summed E-state index contributed by atoms with van der Waals surface area (Å²) in [6, 6.07) is 35.7. The van der Waals surface area contributed by atoms with Crippen LogP contribution in [0.25, 0.3) is 22.5 Å². The third-order valence-corrected chi connectivity index (χ3v) is 7.40. The normalized spacial score (nSPS) is 12.7. The number of hydrogen-bond donors (Lipinski definition) is 2. The number of aliphatic hydroxyl groups excluding tert-OH is 1. The molecular weight excluding hydrogens is 498 g/mol. The zero-order chi connectivity index (χ0) is 27.9. The van der Waals surface area contributed by atoms with Crippen LogP contribution in [0.5, 0.6) is 0 Å². The Balaban J connectivity index is 1.28. The molecule has 0 amide bonds. The van der Waals surface area contributed by atoms with Gasteiger partial charge in [0.1, 0.15) is 0 Å². The Labute approximate surface area is 234 Å². The van der Waals surface area contributed by atoms with Crippen molar-refractivity contribution in [2.75, 3.05) is 0 Å². The molecule has 0 bridgehead atoms. The summed E-state index contributed by atoms with van der Waals surface area (Å²) >= 11 is 0. The minimum absolute atomic E-state index is 0.446. The smallest absolute Gasteiger partial charge is 0.311 e. The summed E-state index contributed by atoms with van der Waals surface area (Å²) in [6.07, 6.45) is 2.18. The molecule has 5 nitrogen and oxygen atoms in total. The van der Waals surface area contributed by atoms with E-state index in [9.17, 15) is 15.0 Å². The minimum Gasteiger partial charge on any atom is -0.481 e. The lowest BCUT2D eigenvalue weighted by molar-refractivity contribution is -0.138. The average Bonchev–Trinajstić information content (AvgIpc) is 3.38. The first kappa shape index (κ1) is 27.1. The van der Waals surface area contributed by atoms with Crippen molar-refractivity contribution in [1.82, 2.24) is 5.16 Å². The van der Waals surface area contributed by atoms with E-state index in [1.807, 2.05) is 104 Å². The van der Waals surface area contributed by atoms with E-state index in [2.05, 4.69) is 17.3 Å². The van der Waals surface area contributed by atoms with Crippen molar-refractivity contribution < 1.29 is 19.5 Å². The fourth-order valence-corrected chi connectivity index (χ4v) is 5.19. The van der Waals surface area contributed by atoms with Crippen LogP contribution in [0, 0.1) is 6.92 Å². The Kier molecular flexibility index (Phi) is 8.53. The van der Waals surface area contributed by atoms with Crippen molar-refractivity contribution >= 4 is 5.97 Å². The summed E-state index contributed by atoms with van der Waals surface area (Å²) < 4.78 is 5.66. The van der Waals surface area contributed by atoms with Gasteiger partial charge in [-0.25, -0.2) is 0 Å². The zero-order valence-corrected chi connectivity index (χ0v) is 22.5. The second-order valence-corrected chi connectivity index (χ2v) is 10.2. The van der Waals surface area contributed by atoms with Crippen molar-refractivity contribution in [1.29, 1.82) is 0 Å². The predicted molar refractivity (Wildman–Crippen MR) is 157 cm³/mol. The van der Waals surface area contributed by atoms with Gasteiger partial charge in [-0.15, -0.1) is 0 Å². The molecule has 5 aromatic rings. The van der Waals surface area contributed by atoms with E-state index in [1.165, 1.54) is 5.56 Å². The van der Waals surface area contributed by atoms with Crippen molar-refractivity contribution in [3.63, 3.8) is 0 Å². The molecule has 1 aromatic heterocycles. The van der Waals surface area contributed by atoms with Crippen molar-refractivity contribution in [2.24, 2.45) is 0 Å². The number of aryl methyl sites for hydroxylation is 2. The number of nitrogens with zero attached hydrogens (tertiary/aromatic N) is 1. The Morgan fingerprint density at radius 3 is 1.93 bits per heavy atom. The van der Waals surface area contributed by atoms with Crippen LogP contribution in [-0.4, -0.2) is 21.3 Å². The molecule has 5 heteroatoms. The first-order chi connectivity index (χ1) is 19.5. The number of aliphatic carboxylic acids is 1. The number of hydrogen-bond acceptors (Lipinski definition) is 4. The van der Waals surface area contributed by atoms with Gasteiger partial charge < -0.3 is 14.7 Å². The molecule has 0 saturated carbocycles. The monoisotopic (exact) mass is 531 g/mol. The number of benzene rings is 4. The van der Waals surface area contributed by atoms with E-state index < -0.39 is 18.0 Å². The van der Waals surface area contributed by atoms with Crippen LogP contribution < -0.4 is 0 Å². The van der Waals surface area contributed by atoms with Crippen molar-refractivity contribution in [3.8, 4) is 22.5 Å². The highest BCUT2D eigenvalue weighted by Gasteiger charge is 2.23. The molecule has 0 aliphatic rings. The van der Waals surface area contributed by atoms with E-state index >= 15 is 0 Å². The van der Waals surface area contributed by atoms with E-state index in [-0.39, 0.29) is 0 Å². The summed E-state index contributed by atoms with van der Waals surface area (Å²) in [6.45, 7) is 1.86. The molecule has 0 spiro atoms. The maximum Gasteiger partial charge on any atom is 0.311 e. The molecule has 2 atom stereocenters. The van der Waals surface area contributed by atoms with Crippen LogP contribution in [0.2, 0.25) is 0 Å². The number of aliphatic hydroxyl groups is 1. The highest BCUT2D eigenvalue weighted by molar-refractivity contribution is 5.77. The summed E-state index contributed by atoms with van der Waals surface area (Å²) in [5.41, 5.74) is 7.33. The molecule has 40 heavy (non-hydrogen) atoms. The van der Waals surface area contributed by atoms with Gasteiger partial charge in [-0.1, -0.05) is 114 Å². The largest absolute Gasteiger partial charge is 0.481 e. The lowest BCUT2D eigenvalue weighted by Gasteiger charge is -2.14. The van der Waals surface area contributed by atoms with E-state index in [4.69, 9.17) is 4.52 Å². The van der Waals surface area contributed by atoms with Gasteiger partial charge in [0.25, 0.3) is 0 Å². The third-order valence-electron chi connectivity index (χ3n) is 7.40. The fraction of sp³-hybridized carbons (Fsp3) is 0.200. The molecule has 2 N–H and O–H groups in total. The SMILES string of the molecule is Cc1noc(-c2ccc(-c3ccc(C(Cc4ccccc4)C(=O)O)cc3)cc2)c1C(O)CCCc1ccccc1. The summed E-state index contributed by atoms with van der Waals surface area (Å²) in [5.74, 6) is -0.843. The number of carboxylic acid groups (broad SMARTS) is 1. The fourth-order valence-electron chi connectivity index (χ4n) is 5.19. The van der Waals surface area contributed by atoms with Gasteiger partial charge in [0.2, 0.25) is 0 Å². The number of aromatic nitrogens is 1. The van der Waals surface area contributed by atoms with Gasteiger partial charge in [-0.3, -0.25) is 4.79 Å². The highest BCUT2D eigenvalue weighted by atomic mass is 16.5. The Morgan fingerprint density at radius 1 is 0.775 bits per heavy atom. The zero-order valence-electron chi connectivity index (χ0n) is 22.5. The molecule has 2 unspecified atom stereocenters. The number of rotatable bonds is 11. The van der Waals surface area contributed by atoms with Gasteiger partial charge >= 0.3 is 5.97 Å². The molecule has 4 aromatic carbocycles. The van der Waals surface area contributed by atoms with Gasteiger partial charge in [0.05, 0.1) is 23.3 Å². The van der Waals surface area contributed by atoms with Crippen LogP contribution in [0.15, 0.2) is 114 Å². The molecule has 202 valence electrons. The molecule has 0 aliphatic heterocycles. The first-order valence-corrected chi connectivity index (χ1v) is 13.6. The lowest BCUT2D eigenvalue weighted by Crippen LogP contribution is -2.14. The van der Waals surface area contributed by atoms with E-state index in [0.29, 0.717) is 24.3 Å². The van der Waals surface area contributed by atoms with Crippen molar-refractivity contribution in [2.45, 2.75) is 44.6 Å². The third kappa shape index (κ3) is 6.38. The molecule has 0 saturated heterocycles. The molecule has 0 fully saturated rings. The van der Waals surface area contributed by atoms with Gasteiger partial charge in [0, 0.05) is 5.56 Å². The Morgan fingerprint density at radius 2 is 1.32 bits per heavy atom. The van der Waals surface area contributed by atoms with Crippen LogP contribution in [0.4, 0.5) is 0 Å². The summed E-state index contributed by atoms with van der Waals surface area (Å²) in [7, 11) is 0. The minimum atomic E-state index is -0.832. The van der Waals surface area contributed by atoms with Gasteiger partial charge in [-0.2, -0.15) is 0 Å². The van der Waals surface area contributed by atoms with Crippen LogP contribution >= 0.6 is 0 Å². The summed E-state index contributed by atoms with van der Waals surface area (Å²) in [5, 5.41) is 25.0. The quantitative estimate of drug-likeness (QED) is 0.182. The molecule has 0 aliphatic carbocycles. The van der Waals surface area contributed by atoms with Crippen LogP contribution in [-0.2, 0) is 17.6 Å². The van der Waals surface area contributed by atoms with Gasteiger partial charge in [0.15, 0.2) is 5.76 Å². The second-order valence-electron chi connectivity index (χ2n) is 10.2. The van der Waals surface area contributed by atoms with E-state index in [0.717, 1.165) is 46.2 Å². The highest BCUT2D eigenvalue weighted by Crippen LogP contribution is 2.35. The predicted octanol–water partition coefficient (Wildman–Crippen LogP) is 7.78. The average molecular weight is 532 g/mol. The van der Waals surface area contributed by atoms with Crippen LogP contribution in [0.3, 0.4) is 0 Å². The lowest BCUT2D eigenvalue weighted by atomic mass is 9.90. The Bertz CT molecular complexity index is 1520. The van der Waals surface area contributed by atoms with E-state index in [1.54, 1.807) is 0 Å². The maximum absolute atomic E-state index is 12.0. The van der Waals surface area contributed by atoms with Gasteiger partial charge in [-0.05, 0) is 60.4 Å². The summed E-state index contributed by atoms with van der Waals surface area (Å²) in [4.78, 5) is 12.0. The molecule has 1 heterocycles. The number of carboxylic acids is 1. The van der Waals surface area contributed by atoms with Crippen molar-refractivity contribution in [3.05, 3.63) is 137 Å². The molecular formula is C35H33NO4. The standard InChI is InChI=1S/C35H33NO4/c1-24-33(32(37)14-8-13-25-9-4-2-5-10-25)34(40-36-24)30-21-17-28(18-22-30)27-15-19-29(20-16-27)31(35(38)39)23-26-11-6-3-7-12-26/h2-7,9-12,15-22,31-32,37H,8,13-14,23H2,1H3,(H,38,39).